The number of piperidine rings is 1. The fraction of sp³-hybridized carbons (Fsp3) is 0.857. The molecule has 1 saturated heterocycles. The molecule has 4 heteroatoms. The third-order valence-electron chi connectivity index (χ3n) is 4.26. The molecule has 0 N–H and O–H groups in total. The van der Waals surface area contributed by atoms with Crippen molar-refractivity contribution in [2.75, 3.05) is 26.2 Å². The Balaban J connectivity index is 2.06. The van der Waals surface area contributed by atoms with Gasteiger partial charge in [-0.05, 0) is 46.0 Å². The molecule has 4 nitrogen and oxygen atoms in total. The normalized spacial score (nSPS) is 21.6. The molecule has 2 amide bonds. The van der Waals surface area contributed by atoms with Gasteiger partial charge in [0, 0.05) is 26.2 Å². The van der Waals surface area contributed by atoms with Gasteiger partial charge in [-0.3, -0.25) is 9.59 Å². The van der Waals surface area contributed by atoms with Crippen LogP contribution in [0.4, 0.5) is 0 Å². The summed E-state index contributed by atoms with van der Waals surface area (Å²) in [5, 5.41) is 0. The van der Waals surface area contributed by atoms with Gasteiger partial charge < -0.3 is 9.80 Å². The van der Waals surface area contributed by atoms with Gasteiger partial charge in [0.15, 0.2) is 0 Å². The number of hydrogen-bond acceptors (Lipinski definition) is 2. The zero-order chi connectivity index (χ0) is 13.2. The highest BCUT2D eigenvalue weighted by Gasteiger charge is 2.59. The minimum Gasteiger partial charge on any atom is -0.342 e. The average Bonchev–Trinajstić information content (AvgIpc) is 3.21. The Kier molecular flexibility index (Phi) is 3.93. The van der Waals surface area contributed by atoms with Crippen molar-refractivity contribution in [2.24, 2.45) is 5.41 Å². The average molecular weight is 252 g/mol. The molecule has 18 heavy (non-hydrogen) atoms. The third kappa shape index (κ3) is 2.25. The SMILES string of the molecule is CCN(CC)C(=O)C1(C(=O)N2CCCCC2)CC1. The van der Waals surface area contributed by atoms with Crippen LogP contribution in [-0.4, -0.2) is 47.8 Å². The van der Waals surface area contributed by atoms with Crippen LogP contribution in [0.25, 0.3) is 0 Å². The van der Waals surface area contributed by atoms with E-state index in [1.165, 1.54) is 6.42 Å². The second-order valence-corrected chi connectivity index (χ2v) is 5.41. The van der Waals surface area contributed by atoms with Crippen LogP contribution in [0.3, 0.4) is 0 Å². The zero-order valence-electron chi connectivity index (χ0n) is 11.6. The lowest BCUT2D eigenvalue weighted by Gasteiger charge is -2.32. The Morgan fingerprint density at radius 2 is 1.61 bits per heavy atom. The zero-order valence-corrected chi connectivity index (χ0v) is 11.6. The fourth-order valence-corrected chi connectivity index (χ4v) is 2.86. The van der Waals surface area contributed by atoms with Crippen molar-refractivity contribution < 1.29 is 9.59 Å². The molecule has 0 aromatic heterocycles. The van der Waals surface area contributed by atoms with E-state index in [9.17, 15) is 9.59 Å². The molecule has 1 aliphatic heterocycles. The number of carbonyl (C=O) groups is 2. The Morgan fingerprint density at radius 3 is 2.06 bits per heavy atom. The molecule has 0 bridgehead atoms. The lowest BCUT2D eigenvalue weighted by molar-refractivity contribution is -0.149. The standard InChI is InChI=1S/C14H24N2O2/c1-3-15(4-2)12(17)14(8-9-14)13(18)16-10-6-5-7-11-16/h3-11H2,1-2H3. The number of hydrogen-bond donors (Lipinski definition) is 0. The fourth-order valence-electron chi connectivity index (χ4n) is 2.86. The van der Waals surface area contributed by atoms with Crippen LogP contribution in [0.2, 0.25) is 0 Å². The highest BCUT2D eigenvalue weighted by molar-refractivity contribution is 6.07. The summed E-state index contributed by atoms with van der Waals surface area (Å²) in [6.45, 7) is 7.03. The van der Waals surface area contributed by atoms with Gasteiger partial charge in [-0.1, -0.05) is 0 Å². The summed E-state index contributed by atoms with van der Waals surface area (Å²) >= 11 is 0. The smallest absolute Gasteiger partial charge is 0.238 e. The monoisotopic (exact) mass is 252 g/mol. The molecule has 0 aromatic carbocycles. The maximum Gasteiger partial charge on any atom is 0.238 e. The van der Waals surface area contributed by atoms with Crippen LogP contribution < -0.4 is 0 Å². The van der Waals surface area contributed by atoms with E-state index in [1.807, 2.05) is 18.7 Å². The van der Waals surface area contributed by atoms with E-state index in [4.69, 9.17) is 0 Å². The number of nitrogens with zero attached hydrogens (tertiary/aromatic N) is 2. The second-order valence-electron chi connectivity index (χ2n) is 5.41. The minimum atomic E-state index is -0.677. The summed E-state index contributed by atoms with van der Waals surface area (Å²) < 4.78 is 0. The molecule has 0 unspecified atom stereocenters. The highest BCUT2D eigenvalue weighted by Crippen LogP contribution is 2.49. The molecule has 102 valence electrons. The molecule has 1 saturated carbocycles. The van der Waals surface area contributed by atoms with Gasteiger partial charge in [0.25, 0.3) is 0 Å². The van der Waals surface area contributed by atoms with E-state index in [-0.39, 0.29) is 11.8 Å². The summed E-state index contributed by atoms with van der Waals surface area (Å²) in [6, 6.07) is 0. The van der Waals surface area contributed by atoms with Gasteiger partial charge in [-0.2, -0.15) is 0 Å². The van der Waals surface area contributed by atoms with Crippen molar-refractivity contribution in [3.63, 3.8) is 0 Å². The maximum absolute atomic E-state index is 12.5. The first-order valence-electron chi connectivity index (χ1n) is 7.24. The van der Waals surface area contributed by atoms with Crippen LogP contribution >= 0.6 is 0 Å². The van der Waals surface area contributed by atoms with Crippen LogP contribution in [-0.2, 0) is 9.59 Å². The van der Waals surface area contributed by atoms with Crippen LogP contribution in [0.5, 0.6) is 0 Å². The number of amides is 2. The van der Waals surface area contributed by atoms with Crippen LogP contribution in [0, 0.1) is 5.41 Å². The largest absolute Gasteiger partial charge is 0.342 e. The minimum absolute atomic E-state index is 0.0584. The van der Waals surface area contributed by atoms with E-state index in [1.54, 1.807) is 4.90 Å². The van der Waals surface area contributed by atoms with Gasteiger partial charge in [0.2, 0.25) is 11.8 Å². The number of rotatable bonds is 4. The van der Waals surface area contributed by atoms with Gasteiger partial charge in [-0.15, -0.1) is 0 Å². The first-order chi connectivity index (χ1) is 8.65. The van der Waals surface area contributed by atoms with Crippen molar-refractivity contribution in [1.29, 1.82) is 0 Å². The van der Waals surface area contributed by atoms with Crippen LogP contribution in [0.1, 0.15) is 46.0 Å². The van der Waals surface area contributed by atoms with Crippen molar-refractivity contribution in [3.8, 4) is 0 Å². The van der Waals surface area contributed by atoms with Gasteiger partial charge >= 0.3 is 0 Å². The summed E-state index contributed by atoms with van der Waals surface area (Å²) in [4.78, 5) is 28.7. The predicted octanol–water partition coefficient (Wildman–Crippen LogP) is 1.65. The summed E-state index contributed by atoms with van der Waals surface area (Å²) in [5.74, 6) is 0.155. The highest BCUT2D eigenvalue weighted by atomic mass is 16.2. The van der Waals surface area contributed by atoms with E-state index >= 15 is 0 Å². The summed E-state index contributed by atoms with van der Waals surface area (Å²) in [5.41, 5.74) is -0.677. The number of carbonyl (C=O) groups excluding carboxylic acids is 2. The van der Waals surface area contributed by atoms with Gasteiger partial charge in [0.1, 0.15) is 5.41 Å². The predicted molar refractivity (Wildman–Crippen MR) is 70.0 cm³/mol. The quantitative estimate of drug-likeness (QED) is 0.714. The Labute approximate surface area is 109 Å². The van der Waals surface area contributed by atoms with Crippen molar-refractivity contribution >= 4 is 11.8 Å². The Hall–Kier alpha value is -1.06. The molecule has 1 heterocycles. The topological polar surface area (TPSA) is 40.6 Å². The third-order valence-corrected chi connectivity index (χ3v) is 4.26. The molecule has 1 aliphatic carbocycles. The van der Waals surface area contributed by atoms with Gasteiger partial charge in [-0.25, -0.2) is 0 Å². The summed E-state index contributed by atoms with van der Waals surface area (Å²) in [7, 11) is 0. The Bertz CT molecular complexity index is 327. The van der Waals surface area contributed by atoms with E-state index in [0.717, 1.165) is 38.8 Å². The maximum atomic E-state index is 12.5. The van der Waals surface area contributed by atoms with Gasteiger partial charge in [0.05, 0.1) is 0 Å². The van der Waals surface area contributed by atoms with E-state index < -0.39 is 5.41 Å². The van der Waals surface area contributed by atoms with Crippen molar-refractivity contribution in [2.45, 2.75) is 46.0 Å². The lowest BCUT2D eigenvalue weighted by Crippen LogP contribution is -2.48. The molecule has 0 atom stereocenters. The molecule has 2 fully saturated rings. The van der Waals surface area contributed by atoms with Crippen molar-refractivity contribution in [3.05, 3.63) is 0 Å². The summed E-state index contributed by atoms with van der Waals surface area (Å²) in [6.07, 6.45) is 4.87. The van der Waals surface area contributed by atoms with Crippen molar-refractivity contribution in [1.82, 2.24) is 9.80 Å². The molecule has 0 aromatic rings. The lowest BCUT2D eigenvalue weighted by atomic mass is 10.0. The number of likely N-dealkylation sites (tertiary alicyclic amines) is 1. The first-order valence-corrected chi connectivity index (χ1v) is 7.24. The molecule has 2 aliphatic rings. The van der Waals surface area contributed by atoms with E-state index in [0.29, 0.717) is 13.1 Å². The first kappa shape index (κ1) is 13.4. The van der Waals surface area contributed by atoms with Crippen LogP contribution in [0.15, 0.2) is 0 Å². The second kappa shape index (κ2) is 5.29. The van der Waals surface area contributed by atoms with E-state index in [2.05, 4.69) is 0 Å². The molecular formula is C14H24N2O2. The molecule has 0 radical (unpaired) electrons. The Morgan fingerprint density at radius 1 is 1.06 bits per heavy atom. The molecular weight excluding hydrogens is 228 g/mol. The molecule has 0 spiro atoms. The molecule has 2 rings (SSSR count).